The molecular formula is C18H17GeSi. The van der Waals surface area contributed by atoms with Gasteiger partial charge in [-0.15, -0.1) is 0 Å². The molecule has 0 aliphatic rings. The predicted molar refractivity (Wildman–Crippen MR) is 92.5 cm³/mol. The zero-order valence-electron chi connectivity index (χ0n) is 11.4. The van der Waals surface area contributed by atoms with Gasteiger partial charge in [-0.2, -0.15) is 0 Å². The van der Waals surface area contributed by atoms with Gasteiger partial charge in [-0.05, 0) is 0 Å². The molecule has 3 aromatic carbocycles. The Hall–Kier alpha value is -1.58. The molecule has 3 aromatic rings. The Balaban J connectivity index is 2.24. The van der Waals surface area contributed by atoms with Crippen LogP contribution in [-0.2, 0) is 0 Å². The van der Waals surface area contributed by atoms with Crippen molar-refractivity contribution >= 4 is 34.6 Å². The molecule has 0 aromatic heterocycles. The van der Waals surface area contributed by atoms with Crippen molar-refractivity contribution in [1.29, 1.82) is 0 Å². The van der Waals surface area contributed by atoms with Crippen molar-refractivity contribution in [2.24, 2.45) is 0 Å². The molecule has 1 radical (unpaired) electrons. The summed E-state index contributed by atoms with van der Waals surface area (Å²) in [5.41, 5.74) is 0. The molecule has 0 aliphatic heterocycles. The van der Waals surface area contributed by atoms with E-state index in [1.807, 2.05) is 0 Å². The van der Waals surface area contributed by atoms with E-state index < -0.39 is 12.6 Å². The van der Waals surface area contributed by atoms with Gasteiger partial charge in [0.15, 0.2) is 0 Å². The molecule has 0 N–H and O–H groups in total. The number of benzene rings is 3. The SMILES string of the molecule is [SiH2][Ge]([c]1ccccc1)([c]1ccccc1)[c]1ccccc1. The summed E-state index contributed by atoms with van der Waals surface area (Å²) in [6, 6.07) is 33.1. The van der Waals surface area contributed by atoms with Crippen molar-refractivity contribution in [3.8, 4) is 0 Å². The first-order chi connectivity index (χ1) is 9.82. The fourth-order valence-corrected chi connectivity index (χ4v) is 13.2. The van der Waals surface area contributed by atoms with Gasteiger partial charge in [-0.3, -0.25) is 0 Å². The van der Waals surface area contributed by atoms with E-state index in [-0.39, 0.29) is 0 Å². The van der Waals surface area contributed by atoms with Gasteiger partial charge in [0.1, 0.15) is 0 Å². The van der Waals surface area contributed by atoms with Gasteiger partial charge in [0, 0.05) is 0 Å². The predicted octanol–water partition coefficient (Wildman–Crippen LogP) is 1.29. The Morgan fingerprint density at radius 2 is 0.700 bits per heavy atom. The van der Waals surface area contributed by atoms with Crippen molar-refractivity contribution in [1.82, 2.24) is 0 Å². The maximum absolute atomic E-state index is 2.46. The van der Waals surface area contributed by atoms with Crippen LogP contribution in [0.4, 0.5) is 0 Å². The zero-order valence-corrected chi connectivity index (χ0v) is 14.9. The third kappa shape index (κ3) is 2.39. The summed E-state index contributed by atoms with van der Waals surface area (Å²) < 4.78 is 4.55. The van der Waals surface area contributed by atoms with E-state index in [1.165, 1.54) is 13.2 Å². The molecule has 20 heavy (non-hydrogen) atoms. The van der Waals surface area contributed by atoms with Crippen LogP contribution < -0.4 is 13.2 Å². The summed E-state index contributed by atoms with van der Waals surface area (Å²) in [6.07, 6.45) is 0. The molecule has 3 rings (SSSR count). The topological polar surface area (TPSA) is 0 Å². The van der Waals surface area contributed by atoms with Crippen LogP contribution in [0.1, 0.15) is 0 Å². The minimum absolute atomic E-state index is 1.52. The summed E-state index contributed by atoms with van der Waals surface area (Å²) in [5, 5.41) is 0. The molecule has 0 atom stereocenters. The Morgan fingerprint density at radius 1 is 0.450 bits per heavy atom. The number of hydrogen-bond acceptors (Lipinski definition) is 0. The normalized spacial score (nSPS) is 11.2. The molecule has 2 heteroatoms. The minimum atomic E-state index is -2.46. The Kier molecular flexibility index (Phi) is 3.90. The molecule has 97 valence electrons. The molecule has 0 amide bonds. The van der Waals surface area contributed by atoms with Gasteiger partial charge >= 0.3 is 126 Å². The quantitative estimate of drug-likeness (QED) is 0.634. The average Bonchev–Trinajstić information content (AvgIpc) is 2.56. The van der Waals surface area contributed by atoms with Crippen molar-refractivity contribution < 1.29 is 0 Å². The number of hydrogen-bond donors (Lipinski definition) is 0. The Morgan fingerprint density at radius 3 is 0.950 bits per heavy atom. The van der Waals surface area contributed by atoms with Crippen LogP contribution in [0.2, 0.25) is 0 Å². The van der Waals surface area contributed by atoms with E-state index in [4.69, 9.17) is 0 Å². The van der Waals surface area contributed by atoms with E-state index in [1.54, 1.807) is 0 Å². The first kappa shape index (κ1) is 13.4. The van der Waals surface area contributed by atoms with Gasteiger partial charge < -0.3 is 0 Å². The van der Waals surface area contributed by atoms with Crippen LogP contribution in [-0.4, -0.2) is 21.4 Å². The van der Waals surface area contributed by atoms with Gasteiger partial charge in [0.05, 0.1) is 0 Å². The fraction of sp³-hybridized carbons (Fsp3) is 0. The van der Waals surface area contributed by atoms with Gasteiger partial charge in [-0.25, -0.2) is 0 Å². The summed E-state index contributed by atoms with van der Waals surface area (Å²) in [7, 11) is 2.23. The molecule has 0 aliphatic carbocycles. The Labute approximate surface area is 125 Å². The van der Waals surface area contributed by atoms with Crippen molar-refractivity contribution in [3.63, 3.8) is 0 Å². The second-order valence-corrected chi connectivity index (χ2v) is 17.9. The summed E-state index contributed by atoms with van der Waals surface area (Å²) >= 11 is -2.46. The number of rotatable bonds is 3. The van der Waals surface area contributed by atoms with Gasteiger partial charge in [0.2, 0.25) is 0 Å². The van der Waals surface area contributed by atoms with E-state index in [2.05, 4.69) is 99.8 Å². The van der Waals surface area contributed by atoms with E-state index in [0.29, 0.717) is 0 Å². The fourth-order valence-electron chi connectivity index (χ4n) is 2.67. The average molecular weight is 334 g/mol. The molecule has 0 unspecified atom stereocenters. The Bertz CT molecular complexity index is 569. The van der Waals surface area contributed by atoms with Crippen LogP contribution in [0.5, 0.6) is 0 Å². The summed E-state index contributed by atoms with van der Waals surface area (Å²) in [6.45, 7) is 0. The second kappa shape index (κ2) is 5.81. The van der Waals surface area contributed by atoms with Crippen LogP contribution in [0, 0.1) is 0 Å². The third-order valence-corrected chi connectivity index (χ3v) is 18.5. The molecular weight excluding hydrogens is 317 g/mol. The summed E-state index contributed by atoms with van der Waals surface area (Å²) in [4.78, 5) is 0. The third-order valence-electron chi connectivity index (χ3n) is 3.80. The molecule has 0 nitrogen and oxygen atoms in total. The van der Waals surface area contributed by atoms with E-state index in [9.17, 15) is 0 Å². The van der Waals surface area contributed by atoms with Gasteiger partial charge in [0.25, 0.3) is 0 Å². The first-order valence-corrected chi connectivity index (χ1v) is 15.1. The van der Waals surface area contributed by atoms with Crippen molar-refractivity contribution in [2.45, 2.75) is 0 Å². The molecule has 0 spiro atoms. The van der Waals surface area contributed by atoms with Crippen molar-refractivity contribution in [3.05, 3.63) is 91.0 Å². The second-order valence-electron chi connectivity index (χ2n) is 5.00. The molecule has 0 heterocycles. The van der Waals surface area contributed by atoms with Crippen LogP contribution in [0.25, 0.3) is 0 Å². The first-order valence-electron chi connectivity index (χ1n) is 6.84. The zero-order chi connectivity index (χ0) is 13.8. The van der Waals surface area contributed by atoms with E-state index >= 15 is 0 Å². The van der Waals surface area contributed by atoms with Crippen LogP contribution in [0.15, 0.2) is 91.0 Å². The molecule has 0 fully saturated rings. The standard InChI is InChI=1S/C18H17GeSi/c20-19(16-10-4-1-5-11-16,17-12-6-2-7-13-17)18-14-8-3-9-15-18/h1-15H,20H2. The van der Waals surface area contributed by atoms with Crippen LogP contribution in [0.3, 0.4) is 0 Å². The summed E-state index contributed by atoms with van der Waals surface area (Å²) in [5.74, 6) is 0. The molecule has 0 saturated heterocycles. The van der Waals surface area contributed by atoms with E-state index in [0.717, 1.165) is 0 Å². The monoisotopic (exact) mass is 335 g/mol. The van der Waals surface area contributed by atoms with Gasteiger partial charge in [-0.1, -0.05) is 0 Å². The maximum atomic E-state index is 2.30. The molecule has 0 saturated carbocycles. The van der Waals surface area contributed by atoms with Crippen LogP contribution >= 0.6 is 0 Å². The van der Waals surface area contributed by atoms with Crippen molar-refractivity contribution in [2.75, 3.05) is 0 Å². The molecule has 0 bridgehead atoms.